The molecular weight excluding hydrogens is 222 g/mol. The van der Waals surface area contributed by atoms with Gasteiger partial charge >= 0.3 is 0 Å². The van der Waals surface area contributed by atoms with Gasteiger partial charge < -0.3 is 10.0 Å². The summed E-state index contributed by atoms with van der Waals surface area (Å²) in [7, 11) is 0. The molecule has 0 fully saturated rings. The summed E-state index contributed by atoms with van der Waals surface area (Å²) in [6, 6.07) is 16.6. The molecule has 92 valence electrons. The van der Waals surface area contributed by atoms with Gasteiger partial charge in [0.25, 0.3) is 0 Å². The van der Waals surface area contributed by atoms with Crippen LogP contribution < -0.4 is 4.90 Å². The second kappa shape index (κ2) is 4.46. The number of hydrogen-bond donors (Lipinski definition) is 1. The van der Waals surface area contributed by atoms with Gasteiger partial charge in [-0.25, -0.2) is 0 Å². The number of anilines is 2. The maximum absolute atomic E-state index is 9.89. The molecule has 0 unspecified atom stereocenters. The zero-order chi connectivity index (χ0) is 12.5. The molecule has 1 atom stereocenters. The van der Waals surface area contributed by atoms with Crippen LogP contribution in [-0.2, 0) is 6.42 Å². The highest BCUT2D eigenvalue weighted by Crippen LogP contribution is 2.37. The maximum Gasteiger partial charge on any atom is 0.0782 e. The minimum absolute atomic E-state index is 0.436. The Bertz CT molecular complexity index is 563. The Morgan fingerprint density at radius 3 is 2.44 bits per heavy atom. The molecule has 0 amide bonds. The highest BCUT2D eigenvalue weighted by molar-refractivity contribution is 5.72. The largest absolute Gasteiger partial charge is 0.389 e. The van der Waals surface area contributed by atoms with Crippen LogP contribution in [0.15, 0.2) is 48.5 Å². The van der Waals surface area contributed by atoms with Crippen molar-refractivity contribution in [3.8, 4) is 0 Å². The quantitative estimate of drug-likeness (QED) is 0.867. The van der Waals surface area contributed by atoms with Crippen LogP contribution in [0, 0.1) is 0 Å². The van der Waals surface area contributed by atoms with Crippen LogP contribution in [-0.4, -0.2) is 11.7 Å². The number of rotatable bonds is 2. The molecule has 2 aromatic carbocycles. The summed E-state index contributed by atoms with van der Waals surface area (Å²) in [5.74, 6) is 0. The number of benzene rings is 2. The second-order valence-corrected chi connectivity index (χ2v) is 4.77. The van der Waals surface area contributed by atoms with Crippen molar-refractivity contribution in [3.05, 3.63) is 59.7 Å². The molecule has 2 nitrogen and oxygen atoms in total. The summed E-state index contributed by atoms with van der Waals surface area (Å²) in [6.07, 6.45) is 0.638. The van der Waals surface area contributed by atoms with Gasteiger partial charge in [0.15, 0.2) is 0 Å². The van der Waals surface area contributed by atoms with E-state index in [4.69, 9.17) is 0 Å². The normalized spacial score (nSPS) is 15.6. The topological polar surface area (TPSA) is 23.5 Å². The lowest BCUT2D eigenvalue weighted by atomic mass is 10.1. The van der Waals surface area contributed by atoms with Crippen LogP contribution in [0.25, 0.3) is 0 Å². The standard InChI is InChI=1S/C16H17NO/c1-12(18)14-7-3-5-9-16(14)17-11-10-13-6-2-4-8-15(13)17/h2-9,12,18H,10-11H2,1H3/t12-/m1/s1. The Morgan fingerprint density at radius 2 is 1.67 bits per heavy atom. The third-order valence-electron chi connectivity index (χ3n) is 3.56. The fraction of sp³-hybridized carbons (Fsp3) is 0.250. The Balaban J connectivity index is 2.08. The number of hydrogen-bond acceptors (Lipinski definition) is 2. The molecular formula is C16H17NO. The number of aliphatic hydroxyl groups excluding tert-OH is 1. The minimum atomic E-state index is -0.436. The van der Waals surface area contributed by atoms with Crippen LogP contribution >= 0.6 is 0 Å². The van der Waals surface area contributed by atoms with Crippen molar-refractivity contribution in [2.75, 3.05) is 11.4 Å². The summed E-state index contributed by atoms with van der Waals surface area (Å²) in [5.41, 5.74) is 4.77. The molecule has 1 heterocycles. The van der Waals surface area contributed by atoms with E-state index in [1.807, 2.05) is 25.1 Å². The molecule has 3 rings (SSSR count). The van der Waals surface area contributed by atoms with E-state index >= 15 is 0 Å². The summed E-state index contributed by atoms with van der Waals surface area (Å²) < 4.78 is 0. The minimum Gasteiger partial charge on any atom is -0.389 e. The number of aliphatic hydroxyl groups is 1. The molecule has 1 aliphatic heterocycles. The van der Waals surface area contributed by atoms with Gasteiger partial charge in [-0.2, -0.15) is 0 Å². The van der Waals surface area contributed by atoms with Crippen LogP contribution in [0.3, 0.4) is 0 Å². The maximum atomic E-state index is 9.89. The Labute approximate surface area is 107 Å². The predicted octanol–water partition coefficient (Wildman–Crippen LogP) is 3.43. The lowest BCUT2D eigenvalue weighted by Gasteiger charge is -2.23. The van der Waals surface area contributed by atoms with Crippen LogP contribution in [0.4, 0.5) is 11.4 Å². The van der Waals surface area contributed by atoms with Gasteiger partial charge in [-0.05, 0) is 31.0 Å². The fourth-order valence-electron chi connectivity index (χ4n) is 2.68. The number of para-hydroxylation sites is 2. The van der Waals surface area contributed by atoms with Crippen molar-refractivity contribution in [2.45, 2.75) is 19.4 Å². The predicted molar refractivity (Wildman–Crippen MR) is 74.2 cm³/mol. The van der Waals surface area contributed by atoms with Crippen LogP contribution in [0.1, 0.15) is 24.2 Å². The summed E-state index contributed by atoms with van der Waals surface area (Å²) >= 11 is 0. The molecule has 1 aliphatic rings. The second-order valence-electron chi connectivity index (χ2n) is 4.77. The highest BCUT2D eigenvalue weighted by atomic mass is 16.3. The van der Waals surface area contributed by atoms with Crippen molar-refractivity contribution < 1.29 is 5.11 Å². The molecule has 0 saturated heterocycles. The molecule has 18 heavy (non-hydrogen) atoms. The van der Waals surface area contributed by atoms with Gasteiger partial charge in [0.1, 0.15) is 0 Å². The molecule has 0 aliphatic carbocycles. The first-order chi connectivity index (χ1) is 8.77. The Kier molecular flexibility index (Phi) is 2.80. The smallest absolute Gasteiger partial charge is 0.0782 e. The Morgan fingerprint density at radius 1 is 1.00 bits per heavy atom. The fourth-order valence-corrected chi connectivity index (χ4v) is 2.68. The van der Waals surface area contributed by atoms with Gasteiger partial charge in [-0.1, -0.05) is 36.4 Å². The summed E-state index contributed by atoms with van der Waals surface area (Å²) in [5, 5.41) is 9.89. The summed E-state index contributed by atoms with van der Waals surface area (Å²) in [4.78, 5) is 2.30. The van der Waals surface area contributed by atoms with Crippen molar-refractivity contribution in [1.82, 2.24) is 0 Å². The van der Waals surface area contributed by atoms with E-state index in [0.29, 0.717) is 0 Å². The monoisotopic (exact) mass is 239 g/mol. The average molecular weight is 239 g/mol. The van der Waals surface area contributed by atoms with E-state index < -0.39 is 6.10 Å². The van der Waals surface area contributed by atoms with Crippen molar-refractivity contribution in [3.63, 3.8) is 0 Å². The third kappa shape index (κ3) is 1.79. The van der Waals surface area contributed by atoms with Crippen LogP contribution in [0.5, 0.6) is 0 Å². The zero-order valence-corrected chi connectivity index (χ0v) is 10.5. The molecule has 0 aromatic heterocycles. The van der Waals surface area contributed by atoms with E-state index in [1.54, 1.807) is 0 Å². The molecule has 0 radical (unpaired) electrons. The Hall–Kier alpha value is -1.80. The SMILES string of the molecule is C[C@@H](O)c1ccccc1N1CCc2ccccc21. The molecule has 2 aromatic rings. The van der Waals surface area contributed by atoms with Gasteiger partial charge in [0.2, 0.25) is 0 Å². The molecule has 1 N–H and O–H groups in total. The average Bonchev–Trinajstić information content (AvgIpc) is 2.82. The molecule has 0 saturated carbocycles. The van der Waals surface area contributed by atoms with E-state index in [1.165, 1.54) is 11.3 Å². The van der Waals surface area contributed by atoms with Gasteiger partial charge in [0, 0.05) is 23.5 Å². The first-order valence-corrected chi connectivity index (χ1v) is 6.40. The van der Waals surface area contributed by atoms with E-state index in [2.05, 4.69) is 35.2 Å². The lowest BCUT2D eigenvalue weighted by Crippen LogP contribution is -2.15. The van der Waals surface area contributed by atoms with E-state index in [9.17, 15) is 5.11 Å². The first-order valence-electron chi connectivity index (χ1n) is 6.40. The highest BCUT2D eigenvalue weighted by Gasteiger charge is 2.22. The molecule has 2 heteroatoms. The van der Waals surface area contributed by atoms with Gasteiger partial charge in [-0.15, -0.1) is 0 Å². The van der Waals surface area contributed by atoms with E-state index in [-0.39, 0.29) is 0 Å². The van der Waals surface area contributed by atoms with Gasteiger partial charge in [0.05, 0.1) is 6.10 Å². The number of fused-ring (bicyclic) bond motifs is 1. The van der Waals surface area contributed by atoms with Gasteiger partial charge in [-0.3, -0.25) is 0 Å². The molecule has 0 bridgehead atoms. The zero-order valence-electron chi connectivity index (χ0n) is 10.5. The van der Waals surface area contributed by atoms with Crippen LogP contribution in [0.2, 0.25) is 0 Å². The van der Waals surface area contributed by atoms with Crippen molar-refractivity contribution >= 4 is 11.4 Å². The first kappa shape index (κ1) is 11.3. The van der Waals surface area contributed by atoms with Crippen molar-refractivity contribution in [1.29, 1.82) is 0 Å². The summed E-state index contributed by atoms with van der Waals surface area (Å²) in [6.45, 7) is 2.81. The van der Waals surface area contributed by atoms with E-state index in [0.717, 1.165) is 24.2 Å². The lowest BCUT2D eigenvalue weighted by molar-refractivity contribution is 0.200. The third-order valence-corrected chi connectivity index (χ3v) is 3.56. The number of nitrogens with zero attached hydrogens (tertiary/aromatic N) is 1. The van der Waals surface area contributed by atoms with Crippen molar-refractivity contribution in [2.24, 2.45) is 0 Å². The molecule has 0 spiro atoms.